The number of carbonyl (C=O) groups is 2. The SMILES string of the molecule is CCOC(=O)N1CCc2ccc(Nc3nc(N[C@@H]4CCCC[C@@H]4N)ncc3C(N)=O)cc2C1. The Balaban J connectivity index is 1.54. The number of hydrogen-bond donors (Lipinski definition) is 4. The van der Waals surface area contributed by atoms with Crippen molar-refractivity contribution < 1.29 is 14.3 Å². The third-order valence-corrected chi connectivity index (χ3v) is 6.20. The Morgan fingerprint density at radius 2 is 2.06 bits per heavy atom. The van der Waals surface area contributed by atoms with E-state index in [1.54, 1.807) is 11.8 Å². The van der Waals surface area contributed by atoms with Crippen LogP contribution < -0.4 is 22.1 Å². The largest absolute Gasteiger partial charge is 0.450 e. The van der Waals surface area contributed by atoms with Crippen LogP contribution in [0.1, 0.15) is 54.1 Å². The Bertz CT molecular complexity index is 1030. The molecule has 0 unspecified atom stereocenters. The fraction of sp³-hybridized carbons (Fsp3) is 0.478. The van der Waals surface area contributed by atoms with Gasteiger partial charge in [-0.15, -0.1) is 0 Å². The lowest BCUT2D eigenvalue weighted by Gasteiger charge is -2.29. The summed E-state index contributed by atoms with van der Waals surface area (Å²) in [4.78, 5) is 34.6. The molecule has 2 aromatic rings. The minimum Gasteiger partial charge on any atom is -0.450 e. The topological polar surface area (TPSA) is 148 Å². The molecule has 1 aliphatic carbocycles. The Morgan fingerprint density at radius 3 is 2.82 bits per heavy atom. The van der Waals surface area contributed by atoms with Crippen LogP contribution >= 0.6 is 0 Å². The molecule has 1 fully saturated rings. The van der Waals surface area contributed by atoms with E-state index in [-0.39, 0.29) is 23.7 Å². The lowest BCUT2D eigenvalue weighted by molar-refractivity contribution is 0.0998. The minimum absolute atomic E-state index is 0.0394. The fourth-order valence-corrected chi connectivity index (χ4v) is 4.37. The number of ether oxygens (including phenoxy) is 1. The van der Waals surface area contributed by atoms with E-state index < -0.39 is 5.91 Å². The second-order valence-electron chi connectivity index (χ2n) is 8.50. The molecule has 0 saturated heterocycles. The molecule has 0 radical (unpaired) electrons. The predicted octanol–water partition coefficient (Wildman–Crippen LogP) is 2.52. The number of nitrogens with zero attached hydrogens (tertiary/aromatic N) is 3. The Kier molecular flexibility index (Phi) is 6.93. The van der Waals surface area contributed by atoms with Gasteiger partial charge in [-0.3, -0.25) is 4.79 Å². The summed E-state index contributed by atoms with van der Waals surface area (Å²) in [6, 6.07) is 6.03. The van der Waals surface area contributed by atoms with E-state index in [4.69, 9.17) is 16.2 Å². The average molecular weight is 454 g/mol. The maximum atomic E-state index is 12.1. The summed E-state index contributed by atoms with van der Waals surface area (Å²) in [6.07, 6.45) is 6.00. The van der Waals surface area contributed by atoms with Crippen molar-refractivity contribution in [3.05, 3.63) is 41.1 Å². The van der Waals surface area contributed by atoms with E-state index >= 15 is 0 Å². The van der Waals surface area contributed by atoms with Crippen molar-refractivity contribution in [2.45, 2.75) is 57.7 Å². The zero-order chi connectivity index (χ0) is 23.4. The minimum atomic E-state index is -0.620. The zero-order valence-electron chi connectivity index (χ0n) is 18.8. The highest BCUT2D eigenvalue weighted by Gasteiger charge is 2.24. The third-order valence-electron chi connectivity index (χ3n) is 6.20. The van der Waals surface area contributed by atoms with Gasteiger partial charge in [-0.1, -0.05) is 18.9 Å². The molecular formula is C23H31N7O3. The first-order valence-electron chi connectivity index (χ1n) is 11.4. The number of hydrogen-bond acceptors (Lipinski definition) is 8. The molecule has 0 bridgehead atoms. The summed E-state index contributed by atoms with van der Waals surface area (Å²) >= 11 is 0. The molecule has 2 aliphatic rings. The van der Waals surface area contributed by atoms with E-state index in [1.165, 1.54) is 11.8 Å². The van der Waals surface area contributed by atoms with Crippen molar-refractivity contribution >= 4 is 29.5 Å². The molecule has 1 aromatic carbocycles. The first-order chi connectivity index (χ1) is 15.9. The van der Waals surface area contributed by atoms with Crippen LogP contribution in [0.3, 0.4) is 0 Å². The monoisotopic (exact) mass is 453 g/mol. The summed E-state index contributed by atoms with van der Waals surface area (Å²) in [5, 5.41) is 6.51. The van der Waals surface area contributed by atoms with Gasteiger partial charge in [0.25, 0.3) is 5.91 Å². The summed E-state index contributed by atoms with van der Waals surface area (Å²) < 4.78 is 5.13. The first kappa shape index (κ1) is 22.8. The van der Waals surface area contributed by atoms with Gasteiger partial charge >= 0.3 is 6.09 Å². The van der Waals surface area contributed by atoms with Gasteiger partial charge in [-0.2, -0.15) is 4.98 Å². The number of primary amides is 1. The van der Waals surface area contributed by atoms with E-state index in [1.807, 2.05) is 18.2 Å². The standard InChI is InChI=1S/C23H31N7O3/c1-2-33-23(32)30-10-9-14-7-8-16(11-15(14)13-30)27-21-17(20(25)31)12-26-22(29-21)28-19-6-4-3-5-18(19)24/h7-8,11-12,18-19H,2-6,9-10,13,24H2,1H3,(H2,25,31)(H2,26,27,28,29)/t18-,19+/m0/s1. The fourth-order valence-electron chi connectivity index (χ4n) is 4.37. The number of amides is 2. The van der Waals surface area contributed by atoms with Crippen molar-refractivity contribution in [2.24, 2.45) is 11.5 Å². The first-order valence-corrected chi connectivity index (χ1v) is 11.4. The number of anilines is 3. The molecule has 33 heavy (non-hydrogen) atoms. The van der Waals surface area contributed by atoms with Crippen LogP contribution in [0.5, 0.6) is 0 Å². The summed E-state index contributed by atoms with van der Waals surface area (Å²) in [7, 11) is 0. The maximum absolute atomic E-state index is 12.1. The second kappa shape index (κ2) is 10.0. The van der Waals surface area contributed by atoms with Gasteiger partial charge in [0.05, 0.1) is 6.61 Å². The summed E-state index contributed by atoms with van der Waals surface area (Å²) in [5.41, 5.74) is 14.9. The van der Waals surface area contributed by atoms with Gasteiger partial charge in [0.15, 0.2) is 0 Å². The van der Waals surface area contributed by atoms with Crippen LogP contribution in [0.15, 0.2) is 24.4 Å². The van der Waals surface area contributed by atoms with E-state index in [9.17, 15) is 9.59 Å². The van der Waals surface area contributed by atoms with Gasteiger partial charge in [0.1, 0.15) is 11.4 Å². The van der Waals surface area contributed by atoms with Crippen molar-refractivity contribution in [1.82, 2.24) is 14.9 Å². The van der Waals surface area contributed by atoms with Crippen LogP contribution in [-0.2, 0) is 17.7 Å². The lowest BCUT2D eigenvalue weighted by atomic mass is 9.91. The van der Waals surface area contributed by atoms with Crippen LogP contribution in [-0.4, -0.2) is 52.1 Å². The molecule has 1 aromatic heterocycles. The molecule has 6 N–H and O–H groups in total. The van der Waals surface area contributed by atoms with Crippen molar-refractivity contribution in [3.8, 4) is 0 Å². The average Bonchev–Trinajstić information content (AvgIpc) is 2.80. The number of aromatic nitrogens is 2. The predicted molar refractivity (Wildman–Crippen MR) is 125 cm³/mol. The van der Waals surface area contributed by atoms with Crippen molar-refractivity contribution in [3.63, 3.8) is 0 Å². The number of nitrogens with one attached hydrogen (secondary N) is 2. The molecule has 1 aliphatic heterocycles. The van der Waals surface area contributed by atoms with Gasteiger partial charge < -0.3 is 31.7 Å². The summed E-state index contributed by atoms with van der Waals surface area (Å²) in [5.74, 6) is 0.101. The molecule has 10 heteroatoms. The molecule has 10 nitrogen and oxygen atoms in total. The normalized spacial score (nSPS) is 20.0. The molecule has 0 spiro atoms. The van der Waals surface area contributed by atoms with Crippen molar-refractivity contribution in [1.29, 1.82) is 0 Å². The number of carbonyl (C=O) groups excluding carboxylic acids is 2. The molecule has 176 valence electrons. The van der Waals surface area contributed by atoms with Gasteiger partial charge in [-0.05, 0) is 49.4 Å². The third kappa shape index (κ3) is 5.33. The molecule has 2 amide bonds. The molecular weight excluding hydrogens is 422 g/mol. The van der Waals surface area contributed by atoms with Gasteiger partial charge in [0, 0.05) is 37.1 Å². The Labute approximate surface area is 193 Å². The Hall–Kier alpha value is -3.40. The number of rotatable bonds is 6. The summed E-state index contributed by atoms with van der Waals surface area (Å²) in [6.45, 7) is 3.22. The number of nitrogens with two attached hydrogens (primary N) is 2. The van der Waals surface area contributed by atoms with Gasteiger partial charge in [-0.25, -0.2) is 9.78 Å². The Morgan fingerprint density at radius 1 is 1.24 bits per heavy atom. The van der Waals surface area contributed by atoms with Crippen LogP contribution in [0, 0.1) is 0 Å². The number of fused-ring (bicyclic) bond motifs is 1. The van der Waals surface area contributed by atoms with Crippen molar-refractivity contribution in [2.75, 3.05) is 23.8 Å². The van der Waals surface area contributed by atoms with E-state index in [2.05, 4.69) is 20.6 Å². The van der Waals surface area contributed by atoms with Crippen LogP contribution in [0.25, 0.3) is 0 Å². The molecule has 2 atom stereocenters. The van der Waals surface area contributed by atoms with E-state index in [0.29, 0.717) is 31.5 Å². The highest BCUT2D eigenvalue weighted by molar-refractivity contribution is 5.98. The van der Waals surface area contributed by atoms with Crippen LogP contribution in [0.4, 0.5) is 22.2 Å². The number of benzene rings is 1. The van der Waals surface area contributed by atoms with Gasteiger partial charge in [0.2, 0.25) is 5.95 Å². The molecule has 2 heterocycles. The smallest absolute Gasteiger partial charge is 0.410 e. The van der Waals surface area contributed by atoms with Crippen LogP contribution in [0.2, 0.25) is 0 Å². The maximum Gasteiger partial charge on any atom is 0.410 e. The lowest BCUT2D eigenvalue weighted by Crippen LogP contribution is -2.43. The second-order valence-corrected chi connectivity index (χ2v) is 8.50. The highest BCUT2D eigenvalue weighted by atomic mass is 16.6. The quantitative estimate of drug-likeness (QED) is 0.521. The van der Waals surface area contributed by atoms with E-state index in [0.717, 1.165) is 43.4 Å². The molecule has 4 rings (SSSR count). The zero-order valence-corrected chi connectivity index (χ0v) is 18.8. The highest BCUT2D eigenvalue weighted by Crippen LogP contribution is 2.27. The molecule has 1 saturated carbocycles.